The third-order valence-corrected chi connectivity index (χ3v) is 25.2. The van der Waals surface area contributed by atoms with E-state index in [4.69, 9.17) is 8.83 Å². The highest BCUT2D eigenvalue weighted by molar-refractivity contribution is 7.26. The third-order valence-electron chi connectivity index (χ3n) is 23.9. The zero-order chi connectivity index (χ0) is 77.7. The van der Waals surface area contributed by atoms with Crippen molar-refractivity contribution in [2.24, 2.45) is 0 Å². The number of benzene rings is 18. The van der Waals surface area contributed by atoms with Crippen LogP contribution in [-0.2, 0) is 5.41 Å². The molecule has 552 valence electrons. The Morgan fingerprint density at radius 1 is 0.239 bits per heavy atom. The first-order valence-corrected chi connectivity index (χ1v) is 40.9. The number of rotatable bonds is 13. The lowest BCUT2D eigenvalue weighted by atomic mass is 9.82. The average molecular weight is 1510 g/mol. The van der Waals surface area contributed by atoms with Crippen molar-refractivity contribution in [1.82, 2.24) is 4.57 Å². The summed E-state index contributed by atoms with van der Waals surface area (Å²) in [6.07, 6.45) is 0. The van der Waals surface area contributed by atoms with Gasteiger partial charge in [-0.15, -0.1) is 11.3 Å². The van der Waals surface area contributed by atoms with Gasteiger partial charge in [-0.3, -0.25) is 0 Å². The van der Waals surface area contributed by atoms with Gasteiger partial charge in [-0.25, -0.2) is 0 Å². The second-order valence-corrected chi connectivity index (χ2v) is 32.1. The zero-order valence-electron chi connectivity index (χ0n) is 64.4. The fourth-order valence-electron chi connectivity index (χ4n) is 18.1. The van der Waals surface area contributed by atoms with Gasteiger partial charge in [0, 0.05) is 109 Å². The Balaban J connectivity index is 0.000000142. The summed E-state index contributed by atoms with van der Waals surface area (Å²) in [5.74, 6) is 0. The molecule has 0 unspecified atom stereocenters. The maximum absolute atomic E-state index is 6.41. The summed E-state index contributed by atoms with van der Waals surface area (Å²) in [6.45, 7) is 4.72. The lowest BCUT2D eigenvalue weighted by Crippen LogP contribution is -2.16. The molecule has 5 nitrogen and oxygen atoms in total. The van der Waals surface area contributed by atoms with E-state index in [-0.39, 0.29) is 5.41 Å². The van der Waals surface area contributed by atoms with Crippen LogP contribution < -0.4 is 9.80 Å². The van der Waals surface area contributed by atoms with Crippen molar-refractivity contribution in [2.75, 3.05) is 9.80 Å². The molecular formula is C111H75N3O2S. The first-order valence-electron chi connectivity index (χ1n) is 40.1. The Bertz CT molecular complexity index is 7390. The largest absolute Gasteiger partial charge is 0.455 e. The minimum Gasteiger partial charge on any atom is -0.455 e. The number of nitrogens with zero attached hydrogens (tertiary/aromatic N) is 3. The molecular weight excluding hydrogens is 1440 g/mol. The van der Waals surface area contributed by atoms with Crippen LogP contribution in [0.5, 0.6) is 0 Å². The molecule has 0 atom stereocenters. The molecule has 117 heavy (non-hydrogen) atoms. The lowest BCUT2D eigenvalue weighted by molar-refractivity contribution is 0.660. The van der Waals surface area contributed by atoms with Gasteiger partial charge in [-0.2, -0.15) is 0 Å². The third kappa shape index (κ3) is 12.0. The molecule has 0 aliphatic heterocycles. The van der Waals surface area contributed by atoms with Crippen molar-refractivity contribution >= 4 is 131 Å². The van der Waals surface area contributed by atoms with E-state index in [0.717, 1.165) is 100 Å². The molecule has 22 aromatic rings. The smallest absolute Gasteiger partial charge is 0.143 e. The first kappa shape index (κ1) is 68.9. The fourth-order valence-corrected chi connectivity index (χ4v) is 19.4. The summed E-state index contributed by atoms with van der Waals surface area (Å²) >= 11 is 1.88. The van der Waals surface area contributed by atoms with Crippen LogP contribution in [-0.4, -0.2) is 4.57 Å². The molecule has 0 saturated heterocycles. The summed E-state index contributed by atoms with van der Waals surface area (Å²) in [7, 11) is 0. The van der Waals surface area contributed by atoms with E-state index < -0.39 is 0 Å². The molecule has 4 aromatic heterocycles. The highest BCUT2D eigenvalue weighted by atomic mass is 32.1. The van der Waals surface area contributed by atoms with Gasteiger partial charge in [0.1, 0.15) is 22.3 Å². The molecule has 18 aromatic carbocycles. The van der Waals surface area contributed by atoms with Crippen LogP contribution in [0.25, 0.3) is 169 Å². The van der Waals surface area contributed by atoms with Crippen LogP contribution in [0.3, 0.4) is 0 Å². The van der Waals surface area contributed by atoms with E-state index in [2.05, 4.69) is 423 Å². The van der Waals surface area contributed by atoms with E-state index in [0.29, 0.717) is 0 Å². The molecule has 0 bridgehead atoms. The van der Waals surface area contributed by atoms with Gasteiger partial charge >= 0.3 is 0 Å². The Labute approximate surface area is 682 Å². The molecule has 0 amide bonds. The minimum absolute atomic E-state index is 0.105. The summed E-state index contributed by atoms with van der Waals surface area (Å²) in [6, 6.07) is 151. The van der Waals surface area contributed by atoms with Gasteiger partial charge in [0.05, 0.1) is 11.0 Å². The monoisotopic (exact) mass is 1510 g/mol. The Kier molecular flexibility index (Phi) is 16.7. The SMILES string of the molecule is CC1(C)c2ccccc2-c2ccc(N(c3ccc(-c4ccc5c(c4)c4ccccc4n5-c4ccccc4)cc3)c3ccc(-c4cccc5c4sc4ccccc45)cc3)cc21.c1ccc(-c2ccc(-c3ccc(N(c4ccc(-c5cccc6c5oc5ccccc56)cc4)c4ccc(-c5cccc6c5oc5ccccc56)cc4)cc3)cc2)cc1. The van der Waals surface area contributed by atoms with E-state index in [1.54, 1.807) is 0 Å². The standard InChI is InChI=1S/C57H40N2S.C54H35NO2/c1-57(2)51-20-9-6-15-45(51)46-33-32-43(36-52(46)57)58(42-30-25-38(26-31-42)44-18-12-19-49-48-17-8-11-22-55(48)60-56(44)49)41-28-23-37(24-29-41)39-27-34-54-50(35-39)47-16-7-10-21-53(47)59(54)40-13-4-3-5-14-40;1-2-10-36(11-3-1)37-20-22-38(23-21-37)39-24-30-42(31-25-39)55(43-32-26-40(27-33-43)45-14-8-16-49-47-12-4-6-18-51(47)56-53(45)49)44-34-28-41(29-35-44)46-15-9-17-50-48-13-5-7-19-52(48)57-54(46)50/h3-36H,1-2H3;1-35H. The van der Waals surface area contributed by atoms with Crippen LogP contribution >= 0.6 is 11.3 Å². The van der Waals surface area contributed by atoms with Gasteiger partial charge in [-0.05, 0) is 199 Å². The molecule has 0 fully saturated rings. The predicted octanol–water partition coefficient (Wildman–Crippen LogP) is 31.9. The second kappa shape index (κ2) is 28.4. The molecule has 0 spiro atoms. The van der Waals surface area contributed by atoms with Crippen LogP contribution in [0.1, 0.15) is 25.0 Å². The number of hydrogen-bond donors (Lipinski definition) is 0. The number of aromatic nitrogens is 1. The Morgan fingerprint density at radius 2 is 0.615 bits per heavy atom. The molecule has 1 aliphatic rings. The van der Waals surface area contributed by atoms with Crippen LogP contribution in [0.15, 0.2) is 427 Å². The van der Waals surface area contributed by atoms with Crippen molar-refractivity contribution in [3.8, 4) is 83.6 Å². The zero-order valence-corrected chi connectivity index (χ0v) is 65.2. The molecule has 1 aliphatic carbocycles. The highest BCUT2D eigenvalue weighted by Gasteiger charge is 2.36. The number of thiophene rings is 1. The van der Waals surface area contributed by atoms with E-state index in [9.17, 15) is 0 Å². The number of furan rings is 2. The summed E-state index contributed by atoms with van der Waals surface area (Å²) < 4.78 is 17.8. The van der Waals surface area contributed by atoms with Crippen LogP contribution in [0, 0.1) is 0 Å². The number of hydrogen-bond acceptors (Lipinski definition) is 5. The van der Waals surface area contributed by atoms with Crippen molar-refractivity contribution in [2.45, 2.75) is 19.3 Å². The molecule has 6 heteroatoms. The minimum atomic E-state index is -0.105. The second-order valence-electron chi connectivity index (χ2n) is 31.0. The van der Waals surface area contributed by atoms with Crippen molar-refractivity contribution in [3.63, 3.8) is 0 Å². The van der Waals surface area contributed by atoms with Crippen molar-refractivity contribution < 1.29 is 8.83 Å². The lowest BCUT2D eigenvalue weighted by Gasteiger charge is -2.28. The number of para-hydroxylation sites is 6. The molecule has 4 heterocycles. The maximum atomic E-state index is 6.41. The van der Waals surface area contributed by atoms with Crippen molar-refractivity contribution in [1.29, 1.82) is 0 Å². The summed E-state index contributed by atoms with van der Waals surface area (Å²) in [4.78, 5) is 4.74. The molecule has 0 radical (unpaired) electrons. The average Bonchev–Trinajstić information content (AvgIpc) is 1.62. The van der Waals surface area contributed by atoms with E-state index >= 15 is 0 Å². The fraction of sp³-hybridized carbons (Fsp3) is 0.0270. The molecule has 0 saturated carbocycles. The van der Waals surface area contributed by atoms with Gasteiger partial charge in [0.25, 0.3) is 0 Å². The van der Waals surface area contributed by atoms with Gasteiger partial charge < -0.3 is 23.2 Å². The van der Waals surface area contributed by atoms with Crippen LogP contribution in [0.4, 0.5) is 34.1 Å². The van der Waals surface area contributed by atoms with Crippen molar-refractivity contribution in [3.05, 3.63) is 430 Å². The topological polar surface area (TPSA) is 37.7 Å². The Hall–Kier alpha value is -14.8. The first-order chi connectivity index (χ1) is 57.8. The summed E-state index contributed by atoms with van der Waals surface area (Å²) in [5, 5.41) is 9.68. The van der Waals surface area contributed by atoms with Gasteiger partial charge in [-0.1, -0.05) is 311 Å². The summed E-state index contributed by atoms with van der Waals surface area (Å²) in [5.41, 5.74) is 33.1. The highest BCUT2D eigenvalue weighted by Crippen LogP contribution is 2.52. The van der Waals surface area contributed by atoms with E-state index in [1.165, 1.54) is 114 Å². The normalized spacial score (nSPS) is 12.3. The van der Waals surface area contributed by atoms with Crippen LogP contribution in [0.2, 0.25) is 0 Å². The number of anilines is 6. The molecule has 23 rings (SSSR count). The predicted molar refractivity (Wildman–Crippen MR) is 494 cm³/mol. The van der Waals surface area contributed by atoms with Gasteiger partial charge in [0.15, 0.2) is 0 Å². The Morgan fingerprint density at radius 3 is 1.19 bits per heavy atom. The quantitative estimate of drug-likeness (QED) is 0.115. The van der Waals surface area contributed by atoms with Gasteiger partial charge in [0.2, 0.25) is 0 Å². The maximum Gasteiger partial charge on any atom is 0.143 e. The number of fused-ring (bicyclic) bond motifs is 15. The van der Waals surface area contributed by atoms with E-state index in [1.807, 2.05) is 35.6 Å². The molecule has 0 N–H and O–H groups in total.